The maximum atomic E-state index is 10.2. The molecule has 0 atom stereocenters. The van der Waals surface area contributed by atoms with Crippen molar-refractivity contribution in [1.29, 1.82) is 0 Å². The highest BCUT2D eigenvalue weighted by Gasteiger charge is 2.22. The fourth-order valence-electron chi connectivity index (χ4n) is 5.44. The van der Waals surface area contributed by atoms with Gasteiger partial charge in [-0.25, -0.2) is 0 Å². The molecular weight excluding hydrogens is 616 g/mol. The number of aliphatic hydroxyl groups is 1. The molecule has 8 heteroatoms. The van der Waals surface area contributed by atoms with Crippen molar-refractivity contribution in [3.05, 3.63) is 119 Å². The summed E-state index contributed by atoms with van der Waals surface area (Å²) in [6.07, 6.45) is 0. The van der Waals surface area contributed by atoms with Crippen molar-refractivity contribution >= 4 is 0 Å². The van der Waals surface area contributed by atoms with Gasteiger partial charge in [0.15, 0.2) is 0 Å². The van der Waals surface area contributed by atoms with E-state index in [2.05, 4.69) is 72.2 Å². The van der Waals surface area contributed by atoms with Gasteiger partial charge in [-0.05, 0) is 98.5 Å². The van der Waals surface area contributed by atoms with Crippen molar-refractivity contribution in [2.45, 2.75) is 65.1 Å². The lowest BCUT2D eigenvalue weighted by Crippen LogP contribution is -2.39. The van der Waals surface area contributed by atoms with Gasteiger partial charge in [0.1, 0.15) is 23.0 Å². The minimum absolute atomic E-state index is 0.209. The van der Waals surface area contributed by atoms with Gasteiger partial charge in [-0.15, -0.1) is 0 Å². The Labute approximate surface area is 294 Å². The Balaban J connectivity index is 0.000000266. The summed E-state index contributed by atoms with van der Waals surface area (Å²) in [6.45, 7) is 12.5. The van der Waals surface area contributed by atoms with Crippen LogP contribution in [0.3, 0.4) is 0 Å². The van der Waals surface area contributed by atoms with E-state index in [4.69, 9.17) is 23.7 Å². The third-order valence-electron chi connectivity index (χ3n) is 8.03. The van der Waals surface area contributed by atoms with Gasteiger partial charge in [-0.2, -0.15) is 0 Å². The van der Waals surface area contributed by atoms with Crippen molar-refractivity contribution in [3.63, 3.8) is 0 Å². The molecule has 0 spiro atoms. The van der Waals surface area contributed by atoms with Gasteiger partial charge in [-0.1, -0.05) is 48.5 Å². The van der Waals surface area contributed by atoms with Crippen LogP contribution >= 0.6 is 0 Å². The molecule has 0 radical (unpaired) electrons. The van der Waals surface area contributed by atoms with Gasteiger partial charge in [0.05, 0.1) is 39.6 Å². The first-order valence-corrected chi connectivity index (χ1v) is 16.6. The molecule has 0 saturated heterocycles. The van der Waals surface area contributed by atoms with Gasteiger partial charge in [0, 0.05) is 46.4 Å². The standard InChI is InChI=1S/C21H29NO3.C20H27NO3/c1-21(2,25-5)16-22(14-17-6-10-19(23-3)11-7-17)15-18-8-12-20(24-4)13-9-18;1-20(2,22)15-21(13-16-5-9-18(23-3)10-6-16)14-17-7-11-19(24-4)12-8-17/h6-13H,14-16H2,1-5H3;5-12,22H,13-15H2,1-4H3. The topological polar surface area (TPSA) is 72.9 Å². The van der Waals surface area contributed by atoms with Crippen LogP contribution < -0.4 is 18.9 Å². The van der Waals surface area contributed by atoms with E-state index in [1.54, 1.807) is 35.5 Å². The van der Waals surface area contributed by atoms with Gasteiger partial charge >= 0.3 is 0 Å². The number of methoxy groups -OCH3 is 5. The summed E-state index contributed by atoms with van der Waals surface area (Å²) < 4.78 is 26.5. The van der Waals surface area contributed by atoms with Crippen molar-refractivity contribution in [1.82, 2.24) is 9.80 Å². The Morgan fingerprint density at radius 2 is 0.673 bits per heavy atom. The van der Waals surface area contributed by atoms with E-state index in [1.165, 1.54) is 22.3 Å². The second kappa shape index (κ2) is 19.2. The minimum atomic E-state index is -0.751. The molecule has 0 bridgehead atoms. The van der Waals surface area contributed by atoms with Crippen LogP contribution in [0, 0.1) is 0 Å². The van der Waals surface area contributed by atoms with Crippen molar-refractivity contribution in [2.24, 2.45) is 0 Å². The molecule has 0 aromatic heterocycles. The lowest BCUT2D eigenvalue weighted by atomic mass is 10.1. The molecule has 4 rings (SSSR count). The lowest BCUT2D eigenvalue weighted by molar-refractivity contribution is -0.0115. The molecule has 0 amide bonds. The molecule has 0 aliphatic carbocycles. The molecule has 266 valence electrons. The number of ether oxygens (including phenoxy) is 5. The Kier molecular flexibility index (Phi) is 15.4. The van der Waals surface area contributed by atoms with Crippen LogP contribution in [0.25, 0.3) is 0 Å². The number of benzene rings is 4. The van der Waals surface area contributed by atoms with Crippen LogP contribution in [-0.4, -0.2) is 74.7 Å². The molecule has 0 aliphatic heterocycles. The minimum Gasteiger partial charge on any atom is -0.497 e. The second-order valence-electron chi connectivity index (χ2n) is 13.5. The molecule has 1 N–H and O–H groups in total. The molecule has 4 aromatic carbocycles. The van der Waals surface area contributed by atoms with E-state index in [1.807, 2.05) is 62.4 Å². The maximum absolute atomic E-state index is 10.2. The van der Waals surface area contributed by atoms with E-state index >= 15 is 0 Å². The molecule has 0 unspecified atom stereocenters. The van der Waals surface area contributed by atoms with Crippen LogP contribution in [0.15, 0.2) is 97.1 Å². The zero-order valence-electron chi connectivity index (χ0n) is 30.9. The van der Waals surface area contributed by atoms with Crippen LogP contribution in [0.5, 0.6) is 23.0 Å². The van der Waals surface area contributed by atoms with Gasteiger partial charge < -0.3 is 28.8 Å². The van der Waals surface area contributed by atoms with Crippen molar-refractivity contribution < 1.29 is 28.8 Å². The number of hydrogen-bond donors (Lipinski definition) is 1. The highest BCUT2D eigenvalue weighted by molar-refractivity contribution is 5.30. The third-order valence-corrected chi connectivity index (χ3v) is 8.03. The lowest BCUT2D eigenvalue weighted by Gasteiger charge is -2.32. The average Bonchev–Trinajstić information content (AvgIpc) is 3.09. The summed E-state index contributed by atoms with van der Waals surface area (Å²) in [5.41, 5.74) is 3.92. The Hall–Kier alpha value is -4.08. The van der Waals surface area contributed by atoms with Gasteiger partial charge in [0.25, 0.3) is 0 Å². The molecule has 0 fully saturated rings. The summed E-state index contributed by atoms with van der Waals surface area (Å²) in [5.74, 6) is 3.45. The average molecular weight is 673 g/mol. The quantitative estimate of drug-likeness (QED) is 0.123. The second-order valence-corrected chi connectivity index (χ2v) is 13.5. The molecule has 0 heterocycles. The third kappa shape index (κ3) is 14.5. The fraction of sp³-hybridized carbons (Fsp3) is 0.415. The van der Waals surface area contributed by atoms with Crippen LogP contribution in [0.2, 0.25) is 0 Å². The van der Waals surface area contributed by atoms with Crippen molar-refractivity contribution in [3.8, 4) is 23.0 Å². The number of rotatable bonds is 17. The van der Waals surface area contributed by atoms with E-state index in [-0.39, 0.29) is 5.60 Å². The summed E-state index contributed by atoms with van der Waals surface area (Å²) in [7, 11) is 8.47. The summed E-state index contributed by atoms with van der Waals surface area (Å²) in [6, 6.07) is 32.5. The molecule has 4 aromatic rings. The first kappa shape index (κ1) is 39.4. The van der Waals surface area contributed by atoms with Gasteiger partial charge in [0.2, 0.25) is 0 Å². The molecule has 0 saturated carbocycles. The highest BCUT2D eigenvalue weighted by atomic mass is 16.5. The first-order valence-electron chi connectivity index (χ1n) is 16.6. The molecule has 49 heavy (non-hydrogen) atoms. The van der Waals surface area contributed by atoms with E-state index in [0.29, 0.717) is 6.54 Å². The molecule has 8 nitrogen and oxygen atoms in total. The normalized spacial score (nSPS) is 11.6. The van der Waals surface area contributed by atoms with Crippen LogP contribution in [0.4, 0.5) is 0 Å². The summed E-state index contributed by atoms with van der Waals surface area (Å²) >= 11 is 0. The molecular formula is C41H56N2O6. The smallest absolute Gasteiger partial charge is 0.118 e. The maximum Gasteiger partial charge on any atom is 0.118 e. The monoisotopic (exact) mass is 672 g/mol. The molecule has 0 aliphatic rings. The Bertz CT molecular complexity index is 1380. The predicted molar refractivity (Wildman–Crippen MR) is 198 cm³/mol. The van der Waals surface area contributed by atoms with Crippen LogP contribution in [-0.2, 0) is 30.9 Å². The number of nitrogens with zero attached hydrogens (tertiary/aromatic N) is 2. The zero-order chi connectivity index (χ0) is 35.9. The van der Waals surface area contributed by atoms with Gasteiger partial charge in [-0.3, -0.25) is 9.80 Å². The fourth-order valence-corrected chi connectivity index (χ4v) is 5.44. The zero-order valence-corrected chi connectivity index (χ0v) is 30.9. The van der Waals surface area contributed by atoms with E-state index < -0.39 is 5.60 Å². The highest BCUT2D eigenvalue weighted by Crippen LogP contribution is 2.21. The first-order chi connectivity index (χ1) is 23.3. The van der Waals surface area contributed by atoms with Crippen molar-refractivity contribution in [2.75, 3.05) is 48.6 Å². The van der Waals surface area contributed by atoms with E-state index in [9.17, 15) is 5.11 Å². The predicted octanol–water partition coefficient (Wildman–Crippen LogP) is 7.61. The van der Waals surface area contributed by atoms with Crippen LogP contribution in [0.1, 0.15) is 49.9 Å². The van der Waals surface area contributed by atoms with E-state index in [0.717, 1.165) is 55.7 Å². The summed E-state index contributed by atoms with van der Waals surface area (Å²) in [5, 5.41) is 10.2. The Morgan fingerprint density at radius 3 is 0.878 bits per heavy atom. The summed E-state index contributed by atoms with van der Waals surface area (Å²) in [4.78, 5) is 4.64. The number of hydrogen-bond acceptors (Lipinski definition) is 8. The SMILES string of the molecule is COc1ccc(CN(Cc2ccc(OC)cc2)CC(C)(C)O)cc1.COc1ccc(CN(Cc2ccc(OC)cc2)CC(C)(C)OC)cc1. The Morgan fingerprint density at radius 1 is 0.429 bits per heavy atom. The largest absolute Gasteiger partial charge is 0.497 e.